The summed E-state index contributed by atoms with van der Waals surface area (Å²) in [5.41, 5.74) is 3.42. The van der Waals surface area contributed by atoms with Gasteiger partial charge < -0.3 is 14.3 Å². The maximum Gasteiger partial charge on any atom is 0.410 e. The number of aliphatic hydroxyl groups excluding tert-OH is 1. The average molecular weight is 440 g/mol. The highest BCUT2D eigenvalue weighted by molar-refractivity contribution is 5.77. The van der Waals surface area contributed by atoms with Gasteiger partial charge in [-0.15, -0.1) is 0 Å². The number of ether oxygens (including phenoxy) is 1. The lowest BCUT2D eigenvalue weighted by atomic mass is 10.1. The van der Waals surface area contributed by atoms with E-state index in [1.165, 1.54) is 4.90 Å². The van der Waals surface area contributed by atoms with Crippen LogP contribution in [0.2, 0.25) is 0 Å². The summed E-state index contributed by atoms with van der Waals surface area (Å²) in [4.78, 5) is 19.2. The van der Waals surface area contributed by atoms with Crippen molar-refractivity contribution < 1.29 is 19.1 Å². The van der Waals surface area contributed by atoms with Crippen LogP contribution in [0.1, 0.15) is 23.9 Å². The van der Waals surface area contributed by atoms with Gasteiger partial charge in [0.2, 0.25) is 5.89 Å². The minimum absolute atomic E-state index is 0.162. The zero-order valence-corrected chi connectivity index (χ0v) is 18.0. The van der Waals surface area contributed by atoms with Crippen LogP contribution in [0.15, 0.2) is 95.4 Å². The highest BCUT2D eigenvalue weighted by atomic mass is 16.6. The Morgan fingerprint density at radius 2 is 1.55 bits per heavy atom. The van der Waals surface area contributed by atoms with E-state index in [1.807, 2.05) is 91.0 Å². The van der Waals surface area contributed by atoms with Crippen molar-refractivity contribution in [1.82, 2.24) is 9.88 Å². The zero-order chi connectivity index (χ0) is 22.6. The van der Waals surface area contributed by atoms with Crippen LogP contribution in [0, 0.1) is 0 Å². The Kier molecular flexibility index (Phi) is 5.91. The third kappa shape index (κ3) is 4.52. The van der Waals surface area contributed by atoms with Gasteiger partial charge in [-0.05, 0) is 5.56 Å². The van der Waals surface area contributed by atoms with E-state index < -0.39 is 18.2 Å². The molecule has 166 valence electrons. The Balaban J connectivity index is 1.45. The maximum atomic E-state index is 12.9. The molecule has 1 saturated heterocycles. The first-order chi connectivity index (χ1) is 16.2. The standard InChI is InChI=1S/C27H24N2O4/c30-22-16-23(29(17-22)27(31)32-18-19-10-4-1-5-11-19)26-28-24(20-12-6-2-7-13-20)25(33-26)21-14-8-3-9-15-21/h1-15,22-23,30H,16-18H2/t22-,23-/m1/s1. The summed E-state index contributed by atoms with van der Waals surface area (Å²) in [5.74, 6) is 1.02. The molecule has 1 N–H and O–H groups in total. The summed E-state index contributed by atoms with van der Waals surface area (Å²) in [5, 5.41) is 10.4. The molecule has 6 nitrogen and oxygen atoms in total. The third-order valence-electron chi connectivity index (χ3n) is 5.73. The van der Waals surface area contributed by atoms with Crippen LogP contribution in [0.3, 0.4) is 0 Å². The van der Waals surface area contributed by atoms with Crippen molar-refractivity contribution in [3.8, 4) is 22.6 Å². The Bertz CT molecular complexity index is 1150. The number of hydrogen-bond donors (Lipinski definition) is 1. The van der Waals surface area contributed by atoms with Crippen molar-refractivity contribution in [3.05, 3.63) is 102 Å². The molecule has 0 radical (unpaired) electrons. The Morgan fingerprint density at radius 1 is 0.939 bits per heavy atom. The molecular weight excluding hydrogens is 416 g/mol. The monoisotopic (exact) mass is 440 g/mol. The number of nitrogens with zero attached hydrogens (tertiary/aromatic N) is 2. The molecule has 1 aliphatic rings. The first kappa shape index (κ1) is 21.0. The van der Waals surface area contributed by atoms with Gasteiger partial charge in [-0.2, -0.15) is 0 Å². The molecule has 0 unspecified atom stereocenters. The van der Waals surface area contributed by atoms with E-state index in [9.17, 15) is 9.90 Å². The number of aromatic nitrogens is 1. The second-order valence-corrected chi connectivity index (χ2v) is 8.06. The first-order valence-electron chi connectivity index (χ1n) is 11.0. The van der Waals surface area contributed by atoms with Crippen LogP contribution in [-0.4, -0.2) is 33.7 Å². The molecule has 1 fully saturated rings. The second kappa shape index (κ2) is 9.30. The molecule has 1 aliphatic heterocycles. The van der Waals surface area contributed by atoms with Gasteiger partial charge >= 0.3 is 6.09 Å². The molecule has 2 heterocycles. The molecule has 0 saturated carbocycles. The van der Waals surface area contributed by atoms with Gasteiger partial charge in [0.25, 0.3) is 0 Å². The van der Waals surface area contributed by atoms with Crippen LogP contribution in [-0.2, 0) is 11.3 Å². The van der Waals surface area contributed by atoms with E-state index in [1.54, 1.807) is 0 Å². The predicted molar refractivity (Wildman–Crippen MR) is 124 cm³/mol. The predicted octanol–water partition coefficient (Wildman–Crippen LogP) is 5.45. The SMILES string of the molecule is O=C(OCc1ccccc1)N1C[C@H](O)C[C@@H]1c1nc(-c2ccccc2)c(-c2ccccc2)o1. The van der Waals surface area contributed by atoms with Crippen LogP contribution in [0.4, 0.5) is 4.79 Å². The van der Waals surface area contributed by atoms with Crippen LogP contribution in [0.5, 0.6) is 0 Å². The minimum Gasteiger partial charge on any atom is -0.445 e. The number of hydrogen-bond acceptors (Lipinski definition) is 5. The molecule has 1 aromatic heterocycles. The number of carbonyl (C=O) groups is 1. The van der Waals surface area contributed by atoms with E-state index in [4.69, 9.17) is 14.1 Å². The molecular formula is C27H24N2O4. The number of amides is 1. The summed E-state index contributed by atoms with van der Waals surface area (Å²) in [6.45, 7) is 0.330. The van der Waals surface area contributed by atoms with Crippen molar-refractivity contribution >= 4 is 6.09 Å². The number of rotatable bonds is 5. The fourth-order valence-corrected chi connectivity index (χ4v) is 4.11. The number of benzene rings is 3. The van der Waals surface area contributed by atoms with Crippen molar-refractivity contribution in [2.75, 3.05) is 6.54 Å². The highest BCUT2D eigenvalue weighted by Crippen LogP contribution is 2.39. The number of carbonyl (C=O) groups excluding carboxylic acids is 1. The number of likely N-dealkylation sites (tertiary alicyclic amines) is 1. The van der Waals surface area contributed by atoms with Crippen molar-refractivity contribution in [3.63, 3.8) is 0 Å². The molecule has 33 heavy (non-hydrogen) atoms. The molecule has 0 bridgehead atoms. The van der Waals surface area contributed by atoms with E-state index >= 15 is 0 Å². The fraction of sp³-hybridized carbons (Fsp3) is 0.185. The molecule has 0 aliphatic carbocycles. The van der Waals surface area contributed by atoms with Gasteiger partial charge in [0, 0.05) is 17.5 Å². The fourth-order valence-electron chi connectivity index (χ4n) is 4.11. The summed E-state index contributed by atoms with van der Waals surface area (Å²) in [7, 11) is 0. The smallest absolute Gasteiger partial charge is 0.410 e. The molecule has 4 aromatic rings. The summed E-state index contributed by atoms with van der Waals surface area (Å²) in [6.07, 6.45) is -0.837. The van der Waals surface area contributed by atoms with Gasteiger partial charge in [0.1, 0.15) is 18.3 Å². The van der Waals surface area contributed by atoms with Crippen molar-refractivity contribution in [2.45, 2.75) is 25.2 Å². The van der Waals surface area contributed by atoms with Gasteiger partial charge in [0.05, 0.1) is 12.6 Å². The van der Waals surface area contributed by atoms with Crippen molar-refractivity contribution in [1.29, 1.82) is 0 Å². The summed E-state index contributed by atoms with van der Waals surface area (Å²) >= 11 is 0. The minimum atomic E-state index is -0.675. The molecule has 6 heteroatoms. The Hall–Kier alpha value is -3.90. The summed E-state index contributed by atoms with van der Waals surface area (Å²) < 4.78 is 11.8. The number of oxazole rings is 1. The van der Waals surface area contributed by atoms with Crippen LogP contribution in [0.25, 0.3) is 22.6 Å². The lowest BCUT2D eigenvalue weighted by Crippen LogP contribution is -2.32. The zero-order valence-electron chi connectivity index (χ0n) is 18.0. The largest absolute Gasteiger partial charge is 0.445 e. The Labute approximate surface area is 192 Å². The average Bonchev–Trinajstić information content (AvgIpc) is 3.48. The maximum absolute atomic E-state index is 12.9. The summed E-state index contributed by atoms with van der Waals surface area (Å²) in [6, 6.07) is 28.6. The lowest BCUT2D eigenvalue weighted by Gasteiger charge is -2.21. The molecule has 3 aromatic carbocycles. The van der Waals surface area contributed by atoms with E-state index in [0.717, 1.165) is 16.7 Å². The molecule has 1 amide bonds. The quantitative estimate of drug-likeness (QED) is 0.446. The molecule has 5 rings (SSSR count). The van der Waals surface area contributed by atoms with Gasteiger partial charge in [-0.25, -0.2) is 9.78 Å². The van der Waals surface area contributed by atoms with Crippen molar-refractivity contribution in [2.24, 2.45) is 0 Å². The van der Waals surface area contributed by atoms with E-state index in [-0.39, 0.29) is 13.2 Å². The highest BCUT2D eigenvalue weighted by Gasteiger charge is 2.40. The van der Waals surface area contributed by atoms with Gasteiger partial charge in [0.15, 0.2) is 5.76 Å². The number of β-amino-alcohol motifs (C(OH)–C–C–N with tert-alkyl or cyclic N) is 1. The second-order valence-electron chi connectivity index (χ2n) is 8.06. The van der Waals surface area contributed by atoms with E-state index in [0.29, 0.717) is 23.8 Å². The van der Waals surface area contributed by atoms with Crippen LogP contribution < -0.4 is 0 Å². The van der Waals surface area contributed by atoms with E-state index in [2.05, 4.69) is 0 Å². The topological polar surface area (TPSA) is 75.8 Å². The van der Waals surface area contributed by atoms with Crippen LogP contribution >= 0.6 is 0 Å². The normalized spacial score (nSPS) is 17.8. The molecule has 2 atom stereocenters. The third-order valence-corrected chi connectivity index (χ3v) is 5.73. The first-order valence-corrected chi connectivity index (χ1v) is 11.0. The lowest BCUT2D eigenvalue weighted by molar-refractivity contribution is 0.0842. The van der Waals surface area contributed by atoms with Gasteiger partial charge in [-0.3, -0.25) is 4.90 Å². The Morgan fingerprint density at radius 3 is 2.21 bits per heavy atom. The van der Waals surface area contributed by atoms with Gasteiger partial charge in [-0.1, -0.05) is 91.0 Å². The number of aliphatic hydroxyl groups is 1. The molecule has 0 spiro atoms.